The van der Waals surface area contributed by atoms with Gasteiger partial charge in [-0.15, -0.1) is 0 Å². The van der Waals surface area contributed by atoms with E-state index in [4.69, 9.17) is 4.74 Å². The molecule has 0 saturated carbocycles. The first kappa shape index (κ1) is 12.2. The fraction of sp³-hybridized carbons (Fsp3) is 0.750. The maximum Gasteiger partial charge on any atom is 0.323 e. The molecule has 0 spiro atoms. The summed E-state index contributed by atoms with van der Waals surface area (Å²) in [7, 11) is 0. The van der Waals surface area contributed by atoms with Crippen molar-refractivity contribution in [1.82, 2.24) is 4.90 Å². The minimum atomic E-state index is -0.109. The maximum atomic E-state index is 11.7. The molecule has 0 aromatic heterocycles. The van der Waals surface area contributed by atoms with Crippen molar-refractivity contribution >= 4 is 5.97 Å². The Morgan fingerprint density at radius 1 is 1.60 bits per heavy atom. The summed E-state index contributed by atoms with van der Waals surface area (Å²) in [6.45, 7) is 11.2. The van der Waals surface area contributed by atoms with Crippen molar-refractivity contribution in [3.05, 3.63) is 12.7 Å². The first-order chi connectivity index (χ1) is 6.96. The van der Waals surface area contributed by atoms with Gasteiger partial charge in [0.05, 0.1) is 0 Å². The second kappa shape index (κ2) is 4.79. The number of hydrogen-bond donors (Lipinski definition) is 0. The Hall–Kier alpha value is -0.830. The number of carbonyl (C=O) groups excluding carboxylic acids is 1. The molecule has 1 aliphatic rings. The van der Waals surface area contributed by atoms with E-state index in [1.807, 2.05) is 0 Å². The van der Waals surface area contributed by atoms with E-state index in [9.17, 15) is 4.79 Å². The van der Waals surface area contributed by atoms with E-state index < -0.39 is 0 Å². The van der Waals surface area contributed by atoms with Crippen LogP contribution in [0.25, 0.3) is 0 Å². The zero-order chi connectivity index (χ0) is 11.5. The number of carbonyl (C=O) groups is 1. The van der Waals surface area contributed by atoms with E-state index in [0.29, 0.717) is 6.61 Å². The van der Waals surface area contributed by atoms with Crippen molar-refractivity contribution in [3.8, 4) is 0 Å². The van der Waals surface area contributed by atoms with E-state index in [1.54, 1.807) is 6.08 Å². The SMILES string of the molecule is C=CCOC(=O)[C@@H]1CCCN1C(C)(C)C. The number of rotatable bonds is 3. The molecule has 1 rings (SSSR count). The van der Waals surface area contributed by atoms with Gasteiger partial charge in [-0.1, -0.05) is 12.7 Å². The van der Waals surface area contributed by atoms with Crippen LogP contribution in [0.4, 0.5) is 0 Å². The summed E-state index contributed by atoms with van der Waals surface area (Å²) in [6, 6.07) is -0.0649. The third-order valence-electron chi connectivity index (χ3n) is 2.73. The van der Waals surface area contributed by atoms with Crippen LogP contribution in [0.1, 0.15) is 33.6 Å². The lowest BCUT2D eigenvalue weighted by Crippen LogP contribution is -2.48. The van der Waals surface area contributed by atoms with Gasteiger partial charge in [-0.05, 0) is 40.2 Å². The normalized spacial score (nSPS) is 22.7. The molecule has 1 atom stereocenters. The van der Waals surface area contributed by atoms with Gasteiger partial charge in [-0.2, -0.15) is 0 Å². The summed E-state index contributed by atoms with van der Waals surface area (Å²) >= 11 is 0. The van der Waals surface area contributed by atoms with Crippen LogP contribution < -0.4 is 0 Å². The Morgan fingerprint density at radius 2 is 2.27 bits per heavy atom. The van der Waals surface area contributed by atoms with E-state index in [2.05, 4.69) is 32.3 Å². The molecule has 1 fully saturated rings. The summed E-state index contributed by atoms with van der Waals surface area (Å²) in [5.74, 6) is -0.109. The predicted octanol–water partition coefficient (Wildman–Crippen LogP) is 1.98. The lowest BCUT2D eigenvalue weighted by atomic mass is 10.0. The van der Waals surface area contributed by atoms with Crippen molar-refractivity contribution in [2.75, 3.05) is 13.2 Å². The van der Waals surface area contributed by atoms with Crippen LogP contribution in [0, 0.1) is 0 Å². The van der Waals surface area contributed by atoms with Gasteiger partial charge in [0.15, 0.2) is 0 Å². The molecule has 1 aliphatic heterocycles. The first-order valence-electron chi connectivity index (χ1n) is 5.51. The second-order valence-corrected chi connectivity index (χ2v) is 4.94. The Morgan fingerprint density at radius 3 is 2.80 bits per heavy atom. The van der Waals surface area contributed by atoms with Gasteiger partial charge < -0.3 is 4.74 Å². The van der Waals surface area contributed by atoms with Crippen LogP contribution in [0.15, 0.2) is 12.7 Å². The highest BCUT2D eigenvalue weighted by Crippen LogP contribution is 2.26. The Labute approximate surface area is 92.1 Å². The molecule has 0 bridgehead atoms. The van der Waals surface area contributed by atoms with Crippen LogP contribution in [-0.2, 0) is 9.53 Å². The molecule has 0 aliphatic carbocycles. The van der Waals surface area contributed by atoms with E-state index in [-0.39, 0.29) is 17.6 Å². The Bertz CT molecular complexity index is 242. The molecule has 15 heavy (non-hydrogen) atoms. The average Bonchev–Trinajstić information content (AvgIpc) is 2.61. The minimum absolute atomic E-state index is 0.0361. The van der Waals surface area contributed by atoms with Gasteiger partial charge in [0.2, 0.25) is 0 Å². The molecule has 0 N–H and O–H groups in total. The number of esters is 1. The monoisotopic (exact) mass is 211 g/mol. The fourth-order valence-corrected chi connectivity index (χ4v) is 2.05. The van der Waals surface area contributed by atoms with Crippen molar-refractivity contribution in [1.29, 1.82) is 0 Å². The smallest absolute Gasteiger partial charge is 0.323 e. The van der Waals surface area contributed by atoms with Gasteiger partial charge in [0.25, 0.3) is 0 Å². The molecule has 3 nitrogen and oxygen atoms in total. The molecule has 1 saturated heterocycles. The van der Waals surface area contributed by atoms with Crippen LogP contribution in [0.5, 0.6) is 0 Å². The molecule has 86 valence electrons. The molecular formula is C12H21NO2. The molecular weight excluding hydrogens is 190 g/mol. The summed E-state index contributed by atoms with van der Waals surface area (Å²) in [5, 5.41) is 0. The third kappa shape index (κ3) is 3.06. The molecule has 0 aromatic rings. The predicted molar refractivity (Wildman–Crippen MR) is 60.6 cm³/mol. The fourth-order valence-electron chi connectivity index (χ4n) is 2.05. The largest absolute Gasteiger partial charge is 0.460 e. The van der Waals surface area contributed by atoms with Crippen LogP contribution in [0.2, 0.25) is 0 Å². The summed E-state index contributed by atoms with van der Waals surface area (Å²) < 4.78 is 5.10. The van der Waals surface area contributed by atoms with Crippen molar-refractivity contribution in [2.45, 2.75) is 45.2 Å². The molecule has 1 heterocycles. The Kier molecular flexibility index (Phi) is 3.91. The first-order valence-corrected chi connectivity index (χ1v) is 5.51. The van der Waals surface area contributed by atoms with Gasteiger partial charge in [0, 0.05) is 5.54 Å². The van der Waals surface area contributed by atoms with E-state index >= 15 is 0 Å². The lowest BCUT2D eigenvalue weighted by molar-refractivity contribution is -0.149. The van der Waals surface area contributed by atoms with Gasteiger partial charge in [-0.25, -0.2) is 0 Å². The quantitative estimate of drug-likeness (QED) is 0.528. The standard InChI is InChI=1S/C12H21NO2/c1-5-9-15-11(14)10-7-6-8-13(10)12(2,3)4/h5,10H,1,6-9H2,2-4H3/t10-/m0/s1. The summed E-state index contributed by atoms with van der Waals surface area (Å²) in [5.41, 5.74) is 0.0361. The molecule has 0 aromatic carbocycles. The van der Waals surface area contributed by atoms with Gasteiger partial charge in [0.1, 0.15) is 12.6 Å². The molecule has 0 radical (unpaired) electrons. The zero-order valence-corrected chi connectivity index (χ0v) is 9.95. The maximum absolute atomic E-state index is 11.7. The number of hydrogen-bond acceptors (Lipinski definition) is 3. The van der Waals surface area contributed by atoms with E-state index in [0.717, 1.165) is 19.4 Å². The van der Waals surface area contributed by atoms with Crippen molar-refractivity contribution < 1.29 is 9.53 Å². The van der Waals surface area contributed by atoms with Crippen LogP contribution in [-0.4, -0.2) is 35.6 Å². The van der Waals surface area contributed by atoms with Crippen molar-refractivity contribution in [3.63, 3.8) is 0 Å². The van der Waals surface area contributed by atoms with Crippen molar-refractivity contribution in [2.24, 2.45) is 0 Å². The zero-order valence-electron chi connectivity index (χ0n) is 9.95. The molecule has 3 heteroatoms. The highest BCUT2D eigenvalue weighted by molar-refractivity contribution is 5.76. The van der Waals surface area contributed by atoms with Crippen LogP contribution in [0.3, 0.4) is 0 Å². The second-order valence-electron chi connectivity index (χ2n) is 4.94. The van der Waals surface area contributed by atoms with Crippen LogP contribution >= 0.6 is 0 Å². The average molecular weight is 211 g/mol. The summed E-state index contributed by atoms with van der Waals surface area (Å²) in [6.07, 6.45) is 3.59. The topological polar surface area (TPSA) is 29.5 Å². The third-order valence-corrected chi connectivity index (χ3v) is 2.73. The molecule has 0 unspecified atom stereocenters. The van der Waals surface area contributed by atoms with Gasteiger partial charge >= 0.3 is 5.97 Å². The van der Waals surface area contributed by atoms with E-state index in [1.165, 1.54) is 0 Å². The number of nitrogens with zero attached hydrogens (tertiary/aromatic N) is 1. The Balaban J connectivity index is 2.60. The van der Waals surface area contributed by atoms with Gasteiger partial charge in [-0.3, -0.25) is 9.69 Å². The highest BCUT2D eigenvalue weighted by atomic mass is 16.5. The highest BCUT2D eigenvalue weighted by Gasteiger charge is 2.37. The number of ether oxygens (including phenoxy) is 1. The summed E-state index contributed by atoms with van der Waals surface area (Å²) in [4.78, 5) is 14.0. The number of likely N-dealkylation sites (tertiary alicyclic amines) is 1. The lowest BCUT2D eigenvalue weighted by Gasteiger charge is -2.35. The minimum Gasteiger partial charge on any atom is -0.460 e. The molecule has 0 amide bonds.